The summed E-state index contributed by atoms with van der Waals surface area (Å²) >= 11 is 1.48. The van der Waals surface area contributed by atoms with Crippen molar-refractivity contribution in [3.63, 3.8) is 0 Å². The Morgan fingerprint density at radius 1 is 1.42 bits per heavy atom. The molecule has 0 spiro atoms. The Hall–Kier alpha value is -2.28. The second-order valence-electron chi connectivity index (χ2n) is 5.93. The molecule has 1 saturated heterocycles. The number of thiophene rings is 1. The normalized spacial score (nSPS) is 17.1. The van der Waals surface area contributed by atoms with Crippen LogP contribution >= 0.6 is 11.3 Å². The molecule has 2 aromatic rings. The van der Waals surface area contributed by atoms with Gasteiger partial charge in [-0.3, -0.25) is 19.6 Å². The number of nitrogens with zero attached hydrogens (tertiary/aromatic N) is 3. The molecule has 0 aromatic carbocycles. The molecule has 1 aliphatic rings. The molecule has 0 radical (unpaired) electrons. The predicted octanol–water partition coefficient (Wildman–Crippen LogP) is 2.46. The number of carbonyl (C=O) groups is 2. The van der Waals surface area contributed by atoms with Gasteiger partial charge in [0.25, 0.3) is 5.91 Å². The summed E-state index contributed by atoms with van der Waals surface area (Å²) in [5, 5.41) is 4.67. The standard InChI is InChI=1S/C17H20N4O2S/c1-11-5-7-24-16(11)17(23)21-6-3-4-15(21)14-10-18-8-13(20-14)9-19-12(2)22/h5,7-8,10,15H,3-4,6,9H2,1-2H3,(H,19,22)/t15-/m0/s1. The number of carbonyl (C=O) groups excluding carboxylic acids is 2. The van der Waals surface area contributed by atoms with Crippen molar-refractivity contribution in [3.05, 3.63) is 45.7 Å². The minimum Gasteiger partial charge on any atom is -0.351 e. The summed E-state index contributed by atoms with van der Waals surface area (Å²) in [6, 6.07) is 1.92. The average Bonchev–Trinajstić information content (AvgIpc) is 3.21. The number of aryl methyl sites for hydroxylation is 1. The van der Waals surface area contributed by atoms with E-state index >= 15 is 0 Å². The first-order chi connectivity index (χ1) is 11.6. The number of rotatable bonds is 4. The number of hydrogen-bond donors (Lipinski definition) is 1. The largest absolute Gasteiger partial charge is 0.351 e. The molecule has 2 amide bonds. The Bertz CT molecular complexity index is 759. The van der Waals surface area contributed by atoms with Gasteiger partial charge in [0, 0.05) is 13.5 Å². The van der Waals surface area contributed by atoms with Gasteiger partial charge in [0.1, 0.15) is 0 Å². The lowest BCUT2D eigenvalue weighted by molar-refractivity contribution is -0.119. The highest BCUT2D eigenvalue weighted by Crippen LogP contribution is 2.33. The summed E-state index contributed by atoms with van der Waals surface area (Å²) < 4.78 is 0. The monoisotopic (exact) mass is 344 g/mol. The summed E-state index contributed by atoms with van der Waals surface area (Å²) in [6.07, 6.45) is 5.20. The minimum atomic E-state index is -0.104. The quantitative estimate of drug-likeness (QED) is 0.924. The van der Waals surface area contributed by atoms with Gasteiger partial charge < -0.3 is 10.2 Å². The van der Waals surface area contributed by atoms with E-state index in [1.165, 1.54) is 18.3 Å². The van der Waals surface area contributed by atoms with Gasteiger partial charge in [0.05, 0.1) is 41.2 Å². The second-order valence-corrected chi connectivity index (χ2v) is 6.85. The van der Waals surface area contributed by atoms with Gasteiger partial charge in [-0.25, -0.2) is 0 Å². The van der Waals surface area contributed by atoms with Crippen LogP contribution in [0.25, 0.3) is 0 Å². The van der Waals surface area contributed by atoms with E-state index in [0.717, 1.165) is 35.5 Å². The van der Waals surface area contributed by atoms with Crippen LogP contribution in [-0.2, 0) is 11.3 Å². The first kappa shape index (κ1) is 16.6. The summed E-state index contributed by atoms with van der Waals surface area (Å²) in [7, 11) is 0. The first-order valence-electron chi connectivity index (χ1n) is 7.96. The van der Waals surface area contributed by atoms with Crippen molar-refractivity contribution in [2.24, 2.45) is 0 Å². The van der Waals surface area contributed by atoms with Gasteiger partial charge in [0.2, 0.25) is 5.91 Å². The highest BCUT2D eigenvalue weighted by atomic mass is 32.1. The molecule has 0 aliphatic carbocycles. The Kier molecular flexibility index (Phi) is 4.89. The van der Waals surface area contributed by atoms with Crippen molar-refractivity contribution in [1.29, 1.82) is 0 Å². The van der Waals surface area contributed by atoms with Gasteiger partial charge in [-0.05, 0) is 36.8 Å². The number of aromatic nitrogens is 2. The summed E-state index contributed by atoms with van der Waals surface area (Å²) in [5.41, 5.74) is 2.51. The van der Waals surface area contributed by atoms with Crippen molar-refractivity contribution >= 4 is 23.2 Å². The van der Waals surface area contributed by atoms with E-state index in [1.54, 1.807) is 12.4 Å². The van der Waals surface area contributed by atoms with E-state index in [-0.39, 0.29) is 17.9 Å². The molecule has 3 rings (SSSR count). The summed E-state index contributed by atoms with van der Waals surface area (Å²) in [5.74, 6) is -0.0351. The Balaban J connectivity index is 1.80. The molecule has 6 nitrogen and oxygen atoms in total. The second kappa shape index (κ2) is 7.09. The van der Waals surface area contributed by atoms with Crippen LogP contribution in [-0.4, -0.2) is 33.2 Å². The smallest absolute Gasteiger partial charge is 0.264 e. The molecule has 126 valence electrons. The molecular weight excluding hydrogens is 324 g/mol. The topological polar surface area (TPSA) is 75.2 Å². The predicted molar refractivity (Wildman–Crippen MR) is 91.6 cm³/mol. The Morgan fingerprint density at radius 3 is 2.96 bits per heavy atom. The number of nitrogens with one attached hydrogen (secondary N) is 1. The van der Waals surface area contributed by atoms with Crippen molar-refractivity contribution in [2.45, 2.75) is 39.3 Å². The van der Waals surface area contributed by atoms with Gasteiger partial charge in [-0.15, -0.1) is 11.3 Å². The van der Waals surface area contributed by atoms with Crippen LogP contribution in [0.1, 0.15) is 52.4 Å². The molecule has 0 bridgehead atoms. The van der Waals surface area contributed by atoms with Gasteiger partial charge >= 0.3 is 0 Å². The van der Waals surface area contributed by atoms with Crippen LogP contribution in [0.3, 0.4) is 0 Å². The molecule has 1 aliphatic heterocycles. The fraction of sp³-hybridized carbons (Fsp3) is 0.412. The number of hydrogen-bond acceptors (Lipinski definition) is 5. The lowest BCUT2D eigenvalue weighted by atomic mass is 10.1. The van der Waals surface area contributed by atoms with Crippen LogP contribution < -0.4 is 5.32 Å². The lowest BCUT2D eigenvalue weighted by Gasteiger charge is -2.24. The highest BCUT2D eigenvalue weighted by Gasteiger charge is 2.32. The number of amides is 2. The SMILES string of the molecule is CC(=O)NCc1cncc([C@@H]2CCCN2C(=O)c2sccc2C)n1. The molecule has 3 heterocycles. The van der Waals surface area contributed by atoms with Gasteiger partial charge in [0.15, 0.2) is 0 Å². The van der Waals surface area contributed by atoms with E-state index in [9.17, 15) is 9.59 Å². The van der Waals surface area contributed by atoms with Crippen LogP contribution in [0.4, 0.5) is 0 Å². The molecule has 1 fully saturated rings. The molecule has 2 aromatic heterocycles. The zero-order chi connectivity index (χ0) is 17.1. The molecule has 0 unspecified atom stereocenters. The van der Waals surface area contributed by atoms with E-state index in [4.69, 9.17) is 0 Å². The zero-order valence-electron chi connectivity index (χ0n) is 13.8. The van der Waals surface area contributed by atoms with Crippen molar-refractivity contribution in [2.75, 3.05) is 6.54 Å². The third-order valence-corrected chi connectivity index (χ3v) is 5.14. The van der Waals surface area contributed by atoms with Gasteiger partial charge in [-0.1, -0.05) is 0 Å². The minimum absolute atomic E-state index is 0.0521. The molecular formula is C17H20N4O2S. The van der Waals surface area contributed by atoms with E-state index < -0.39 is 0 Å². The average molecular weight is 344 g/mol. The van der Waals surface area contributed by atoms with Crippen molar-refractivity contribution < 1.29 is 9.59 Å². The Labute approximate surface area is 144 Å². The van der Waals surface area contributed by atoms with Gasteiger partial charge in [-0.2, -0.15) is 0 Å². The Morgan fingerprint density at radius 2 is 2.25 bits per heavy atom. The molecule has 0 saturated carbocycles. The van der Waals surface area contributed by atoms with Crippen LogP contribution in [0, 0.1) is 6.92 Å². The third-order valence-electron chi connectivity index (χ3n) is 4.13. The third kappa shape index (κ3) is 3.46. The van der Waals surface area contributed by atoms with Crippen molar-refractivity contribution in [3.8, 4) is 0 Å². The maximum atomic E-state index is 12.8. The fourth-order valence-electron chi connectivity index (χ4n) is 2.92. The van der Waals surface area contributed by atoms with Crippen LogP contribution in [0.15, 0.2) is 23.8 Å². The first-order valence-corrected chi connectivity index (χ1v) is 8.84. The highest BCUT2D eigenvalue weighted by molar-refractivity contribution is 7.12. The molecule has 24 heavy (non-hydrogen) atoms. The van der Waals surface area contributed by atoms with E-state index in [2.05, 4.69) is 15.3 Å². The molecule has 7 heteroatoms. The van der Waals surface area contributed by atoms with Crippen LogP contribution in [0.2, 0.25) is 0 Å². The van der Waals surface area contributed by atoms with Crippen LogP contribution in [0.5, 0.6) is 0 Å². The lowest BCUT2D eigenvalue weighted by Crippen LogP contribution is -2.31. The maximum absolute atomic E-state index is 12.8. The van der Waals surface area contributed by atoms with E-state index in [1.807, 2.05) is 23.3 Å². The summed E-state index contributed by atoms with van der Waals surface area (Å²) in [6.45, 7) is 4.51. The summed E-state index contributed by atoms with van der Waals surface area (Å²) in [4.78, 5) is 35.4. The molecule has 1 N–H and O–H groups in total. The van der Waals surface area contributed by atoms with Crippen molar-refractivity contribution in [1.82, 2.24) is 20.2 Å². The zero-order valence-corrected chi connectivity index (χ0v) is 14.6. The number of likely N-dealkylation sites (tertiary alicyclic amines) is 1. The maximum Gasteiger partial charge on any atom is 0.264 e. The molecule has 1 atom stereocenters. The fourth-order valence-corrected chi connectivity index (χ4v) is 3.80. The van der Waals surface area contributed by atoms with E-state index in [0.29, 0.717) is 12.2 Å².